The van der Waals surface area contributed by atoms with E-state index in [4.69, 9.17) is 9.15 Å². The predicted molar refractivity (Wildman–Crippen MR) is 111 cm³/mol. The Morgan fingerprint density at radius 1 is 1.27 bits per heavy atom. The minimum Gasteiger partial charge on any atom is -0.497 e. The fraction of sp³-hybridized carbons (Fsp3) is 0.429. The van der Waals surface area contributed by atoms with Gasteiger partial charge in [0, 0.05) is 38.7 Å². The lowest BCUT2D eigenvalue weighted by atomic mass is 10.00. The van der Waals surface area contributed by atoms with Crippen LogP contribution in [-0.4, -0.2) is 47.7 Å². The van der Waals surface area contributed by atoms with Gasteiger partial charge in [0.1, 0.15) is 16.4 Å². The molecule has 30 heavy (non-hydrogen) atoms. The summed E-state index contributed by atoms with van der Waals surface area (Å²) in [7, 11) is -0.228. The Hall–Kier alpha value is -2.65. The number of piperidine rings is 1. The van der Waals surface area contributed by atoms with Crippen molar-refractivity contribution in [3.8, 4) is 5.75 Å². The van der Waals surface area contributed by atoms with Crippen LogP contribution in [-0.2, 0) is 23.5 Å². The third kappa shape index (κ3) is 4.13. The fourth-order valence-corrected chi connectivity index (χ4v) is 5.59. The summed E-state index contributed by atoms with van der Waals surface area (Å²) in [6.45, 7) is 2.57. The quantitative estimate of drug-likeness (QED) is 0.597. The summed E-state index contributed by atoms with van der Waals surface area (Å²) in [6.07, 6.45) is 5.53. The van der Waals surface area contributed by atoms with Crippen LogP contribution >= 0.6 is 0 Å². The van der Waals surface area contributed by atoms with Crippen molar-refractivity contribution < 1.29 is 17.6 Å². The topological polar surface area (TPSA) is 90.5 Å². The second-order valence-electron chi connectivity index (χ2n) is 7.64. The average Bonchev–Trinajstić information content (AvgIpc) is 3.35. The van der Waals surface area contributed by atoms with Gasteiger partial charge in [-0.05, 0) is 37.5 Å². The van der Waals surface area contributed by atoms with E-state index in [0.717, 1.165) is 29.9 Å². The molecule has 1 aromatic carbocycles. The lowest BCUT2D eigenvalue weighted by Gasteiger charge is -2.30. The fourth-order valence-electron chi connectivity index (χ4n) is 3.87. The van der Waals surface area contributed by atoms with Crippen molar-refractivity contribution in [2.24, 2.45) is 7.05 Å². The van der Waals surface area contributed by atoms with Crippen molar-refractivity contribution >= 4 is 10.0 Å². The van der Waals surface area contributed by atoms with E-state index >= 15 is 0 Å². The SMILES string of the molecule is COc1ccc(Cc2cnc(C3CCCN(S(=O)(=O)c4cn(C)nc4C)C3)o2)cc1. The number of oxazole rings is 1. The van der Waals surface area contributed by atoms with E-state index in [1.807, 2.05) is 24.3 Å². The van der Waals surface area contributed by atoms with Crippen molar-refractivity contribution in [1.82, 2.24) is 19.1 Å². The Morgan fingerprint density at radius 2 is 2.03 bits per heavy atom. The van der Waals surface area contributed by atoms with Crippen molar-refractivity contribution in [3.05, 3.63) is 59.6 Å². The minimum absolute atomic E-state index is 0.0601. The molecule has 0 saturated carbocycles. The first-order chi connectivity index (χ1) is 14.4. The summed E-state index contributed by atoms with van der Waals surface area (Å²) in [5.41, 5.74) is 1.61. The molecule has 2 aromatic heterocycles. The van der Waals surface area contributed by atoms with Gasteiger partial charge < -0.3 is 9.15 Å². The Bertz CT molecular complexity index is 1120. The average molecular weight is 431 g/mol. The molecule has 160 valence electrons. The molecular weight excluding hydrogens is 404 g/mol. The molecule has 0 amide bonds. The second-order valence-corrected chi connectivity index (χ2v) is 9.55. The van der Waals surface area contributed by atoms with Crippen LogP contribution in [0.4, 0.5) is 0 Å². The molecule has 0 spiro atoms. The van der Waals surface area contributed by atoms with Crippen LogP contribution in [0.15, 0.2) is 46.0 Å². The third-order valence-electron chi connectivity index (χ3n) is 5.43. The number of hydrogen-bond donors (Lipinski definition) is 0. The monoisotopic (exact) mass is 430 g/mol. The highest BCUT2D eigenvalue weighted by Gasteiger charge is 2.34. The molecule has 8 nitrogen and oxygen atoms in total. The number of sulfonamides is 1. The van der Waals surface area contributed by atoms with Crippen molar-refractivity contribution in [2.75, 3.05) is 20.2 Å². The molecule has 0 bridgehead atoms. The summed E-state index contributed by atoms with van der Waals surface area (Å²) in [5, 5.41) is 4.18. The maximum absolute atomic E-state index is 13.1. The summed E-state index contributed by atoms with van der Waals surface area (Å²) in [4.78, 5) is 4.71. The Balaban J connectivity index is 1.48. The van der Waals surface area contributed by atoms with Gasteiger partial charge in [0.2, 0.25) is 10.0 Å². The maximum atomic E-state index is 13.1. The molecular formula is C21H26N4O4S. The Morgan fingerprint density at radius 3 is 2.70 bits per heavy atom. The van der Waals surface area contributed by atoms with Crippen LogP contribution in [0, 0.1) is 6.92 Å². The van der Waals surface area contributed by atoms with Gasteiger partial charge in [-0.15, -0.1) is 0 Å². The Labute approximate surface area is 176 Å². The predicted octanol–water partition coefficient (Wildman–Crippen LogP) is 2.88. The summed E-state index contributed by atoms with van der Waals surface area (Å²) >= 11 is 0. The van der Waals surface area contributed by atoms with Crippen molar-refractivity contribution in [2.45, 2.75) is 37.0 Å². The van der Waals surface area contributed by atoms with Gasteiger partial charge in [0.25, 0.3) is 0 Å². The van der Waals surface area contributed by atoms with E-state index < -0.39 is 10.0 Å². The number of ether oxygens (including phenoxy) is 1. The zero-order valence-corrected chi connectivity index (χ0v) is 18.2. The van der Waals surface area contributed by atoms with E-state index in [9.17, 15) is 8.42 Å². The van der Waals surface area contributed by atoms with Crippen molar-refractivity contribution in [3.63, 3.8) is 0 Å². The van der Waals surface area contributed by atoms with E-state index in [1.54, 1.807) is 33.5 Å². The van der Waals surface area contributed by atoms with E-state index in [2.05, 4.69) is 10.1 Å². The largest absolute Gasteiger partial charge is 0.497 e. The van der Waals surface area contributed by atoms with Crippen LogP contribution < -0.4 is 4.74 Å². The molecule has 1 unspecified atom stereocenters. The zero-order valence-electron chi connectivity index (χ0n) is 17.4. The number of nitrogens with zero attached hydrogens (tertiary/aromatic N) is 4. The Kier molecular flexibility index (Phi) is 5.66. The third-order valence-corrected chi connectivity index (χ3v) is 7.40. The summed E-state index contributed by atoms with van der Waals surface area (Å²) in [5.74, 6) is 2.11. The van der Waals surface area contributed by atoms with Gasteiger partial charge in [0.15, 0.2) is 5.89 Å². The highest BCUT2D eigenvalue weighted by molar-refractivity contribution is 7.89. The number of benzene rings is 1. The smallest absolute Gasteiger partial charge is 0.246 e. The van der Waals surface area contributed by atoms with Gasteiger partial charge in [0.05, 0.1) is 19.0 Å². The van der Waals surface area contributed by atoms with Gasteiger partial charge in [-0.2, -0.15) is 9.40 Å². The van der Waals surface area contributed by atoms with E-state index in [-0.39, 0.29) is 10.8 Å². The maximum Gasteiger partial charge on any atom is 0.246 e. The van der Waals surface area contributed by atoms with Crippen LogP contribution in [0.5, 0.6) is 5.75 Å². The standard InChI is InChI=1S/C21H26N4O4S/c1-15-20(14-24(2)23-15)30(26,27)25-10-4-5-17(13-25)21-22-12-19(29-21)11-16-6-8-18(28-3)9-7-16/h6-9,12,14,17H,4-5,10-11,13H2,1-3H3. The summed E-state index contributed by atoms with van der Waals surface area (Å²) in [6, 6.07) is 7.81. The molecule has 1 saturated heterocycles. The number of aromatic nitrogens is 3. The summed E-state index contributed by atoms with van der Waals surface area (Å²) < 4.78 is 40.5. The minimum atomic E-state index is -3.59. The molecule has 3 heterocycles. The molecule has 1 fully saturated rings. The molecule has 0 N–H and O–H groups in total. The first-order valence-electron chi connectivity index (χ1n) is 9.94. The molecule has 1 atom stereocenters. The zero-order chi connectivity index (χ0) is 21.3. The molecule has 0 radical (unpaired) electrons. The van der Waals surface area contributed by atoms with Crippen LogP contribution in [0.2, 0.25) is 0 Å². The van der Waals surface area contributed by atoms with E-state index in [1.165, 1.54) is 8.99 Å². The first kappa shape index (κ1) is 20.6. The van der Waals surface area contributed by atoms with E-state index in [0.29, 0.717) is 31.1 Å². The molecule has 3 aromatic rings. The highest BCUT2D eigenvalue weighted by Crippen LogP contribution is 2.31. The normalized spacial score (nSPS) is 17.9. The second kappa shape index (κ2) is 8.23. The molecule has 1 aliphatic heterocycles. The number of hydrogen-bond acceptors (Lipinski definition) is 6. The number of aryl methyl sites for hydroxylation is 2. The van der Waals surface area contributed by atoms with Crippen LogP contribution in [0.1, 0.15) is 41.7 Å². The molecule has 0 aliphatic carbocycles. The lowest BCUT2D eigenvalue weighted by Crippen LogP contribution is -2.39. The highest BCUT2D eigenvalue weighted by atomic mass is 32.2. The van der Waals surface area contributed by atoms with Crippen LogP contribution in [0.25, 0.3) is 0 Å². The van der Waals surface area contributed by atoms with Crippen molar-refractivity contribution in [1.29, 1.82) is 0 Å². The first-order valence-corrected chi connectivity index (χ1v) is 11.4. The lowest BCUT2D eigenvalue weighted by molar-refractivity contribution is 0.281. The molecule has 4 rings (SSSR count). The van der Waals surface area contributed by atoms with Crippen LogP contribution in [0.3, 0.4) is 0 Å². The number of methoxy groups -OCH3 is 1. The van der Waals surface area contributed by atoms with Gasteiger partial charge in [-0.3, -0.25) is 4.68 Å². The number of rotatable bonds is 6. The van der Waals surface area contributed by atoms with Gasteiger partial charge in [-0.25, -0.2) is 13.4 Å². The van der Waals surface area contributed by atoms with Gasteiger partial charge >= 0.3 is 0 Å². The molecule has 9 heteroatoms. The molecule has 1 aliphatic rings. The van der Waals surface area contributed by atoms with Gasteiger partial charge in [-0.1, -0.05) is 12.1 Å².